The summed E-state index contributed by atoms with van der Waals surface area (Å²) in [6, 6.07) is 17.3. The second-order valence-electron chi connectivity index (χ2n) is 4.61. The Hall–Kier alpha value is -2.15. The van der Waals surface area contributed by atoms with Gasteiger partial charge in [-0.2, -0.15) is 0 Å². The zero-order chi connectivity index (χ0) is 16.1. The summed E-state index contributed by atoms with van der Waals surface area (Å²) in [5.41, 5.74) is 8.77. The molecule has 0 aliphatic rings. The monoisotopic (exact) mass is 360 g/mol. The Morgan fingerprint density at radius 1 is 1.04 bits per heavy atom. The van der Waals surface area contributed by atoms with Crippen LogP contribution >= 0.6 is 35.2 Å². The highest BCUT2D eigenvalue weighted by Crippen LogP contribution is 2.24. The molecule has 3 aromatic rings. The third-order valence-electron chi connectivity index (χ3n) is 2.96. The number of hydrogen-bond donors (Lipinski definition) is 3. The Bertz CT molecular complexity index is 787. The summed E-state index contributed by atoms with van der Waals surface area (Å²) in [4.78, 5) is 4.51. The van der Waals surface area contributed by atoms with Gasteiger partial charge < -0.3 is 5.32 Å². The topological polar surface area (TPSA) is 49.0 Å². The van der Waals surface area contributed by atoms with Crippen LogP contribution in [0.1, 0.15) is 0 Å². The van der Waals surface area contributed by atoms with Gasteiger partial charge >= 0.3 is 0 Å². The number of thiocarbonyl (C=S) groups is 1. The van der Waals surface area contributed by atoms with E-state index in [-0.39, 0.29) is 0 Å². The predicted octanol–water partition coefficient (Wildman–Crippen LogP) is 4.78. The molecule has 0 bridgehead atoms. The van der Waals surface area contributed by atoms with Gasteiger partial charge in [-0.15, -0.1) is 11.3 Å². The summed E-state index contributed by atoms with van der Waals surface area (Å²) in [5.74, 6) is 0. The molecule has 4 nitrogen and oxygen atoms in total. The summed E-state index contributed by atoms with van der Waals surface area (Å²) in [6.07, 6.45) is 0. The van der Waals surface area contributed by atoms with E-state index in [1.54, 1.807) is 12.1 Å². The van der Waals surface area contributed by atoms with E-state index in [4.69, 9.17) is 23.8 Å². The first-order valence-corrected chi connectivity index (χ1v) is 8.47. The van der Waals surface area contributed by atoms with Crippen molar-refractivity contribution in [3.63, 3.8) is 0 Å². The van der Waals surface area contributed by atoms with Gasteiger partial charge in [-0.3, -0.25) is 10.9 Å². The van der Waals surface area contributed by atoms with E-state index in [1.807, 2.05) is 47.8 Å². The summed E-state index contributed by atoms with van der Waals surface area (Å²) in [5, 5.41) is 6.92. The molecule has 2 aromatic carbocycles. The minimum atomic E-state index is 0.448. The first kappa shape index (κ1) is 15.7. The minimum absolute atomic E-state index is 0.448. The van der Waals surface area contributed by atoms with Crippen LogP contribution < -0.4 is 16.2 Å². The maximum Gasteiger partial charge on any atom is 0.202 e. The van der Waals surface area contributed by atoms with Crippen molar-refractivity contribution in [2.75, 3.05) is 10.7 Å². The smallest absolute Gasteiger partial charge is 0.202 e. The molecule has 1 heterocycles. The number of nitrogens with one attached hydrogen (secondary N) is 3. The standard InChI is InChI=1S/C16H13ClN4S2/c17-12-6-8-13(9-7-12)18-15(22)20-21-16-19-14(10-23-16)11-4-2-1-3-5-11/h1-10H,(H,19,21)(H2,18,20,22). The third-order valence-corrected chi connectivity index (χ3v) is 4.17. The lowest BCUT2D eigenvalue weighted by Gasteiger charge is -2.10. The molecule has 3 rings (SSSR count). The molecular formula is C16H13ClN4S2. The highest BCUT2D eigenvalue weighted by molar-refractivity contribution is 7.80. The maximum atomic E-state index is 5.85. The van der Waals surface area contributed by atoms with E-state index < -0.39 is 0 Å². The van der Waals surface area contributed by atoms with Crippen molar-refractivity contribution in [2.45, 2.75) is 0 Å². The minimum Gasteiger partial charge on any atom is -0.331 e. The van der Waals surface area contributed by atoms with E-state index in [0.717, 1.165) is 22.1 Å². The second kappa shape index (κ2) is 7.41. The number of aromatic nitrogens is 1. The van der Waals surface area contributed by atoms with Crippen molar-refractivity contribution in [1.29, 1.82) is 0 Å². The summed E-state index contributed by atoms with van der Waals surface area (Å²) in [6.45, 7) is 0. The third kappa shape index (κ3) is 4.41. The van der Waals surface area contributed by atoms with E-state index in [0.29, 0.717) is 10.1 Å². The molecule has 23 heavy (non-hydrogen) atoms. The number of hydrogen-bond acceptors (Lipinski definition) is 4. The molecule has 0 unspecified atom stereocenters. The van der Waals surface area contributed by atoms with Crippen LogP contribution in [-0.2, 0) is 0 Å². The highest BCUT2D eigenvalue weighted by Gasteiger charge is 2.04. The fourth-order valence-corrected chi connectivity index (χ4v) is 2.85. The van der Waals surface area contributed by atoms with Crippen molar-refractivity contribution in [3.8, 4) is 11.3 Å². The van der Waals surface area contributed by atoms with Gasteiger partial charge in [0.15, 0.2) is 5.11 Å². The Morgan fingerprint density at radius 2 is 1.78 bits per heavy atom. The number of rotatable bonds is 4. The van der Waals surface area contributed by atoms with Crippen LogP contribution in [0.5, 0.6) is 0 Å². The van der Waals surface area contributed by atoms with Crippen molar-refractivity contribution in [1.82, 2.24) is 10.4 Å². The fraction of sp³-hybridized carbons (Fsp3) is 0. The van der Waals surface area contributed by atoms with E-state index in [9.17, 15) is 0 Å². The van der Waals surface area contributed by atoms with Crippen LogP contribution in [0.25, 0.3) is 11.3 Å². The van der Waals surface area contributed by atoms with Gasteiger partial charge in [0.1, 0.15) is 0 Å². The lowest BCUT2D eigenvalue weighted by Crippen LogP contribution is -2.33. The lowest BCUT2D eigenvalue weighted by atomic mass is 10.2. The number of thiazole rings is 1. The van der Waals surface area contributed by atoms with Gasteiger partial charge in [0.25, 0.3) is 0 Å². The van der Waals surface area contributed by atoms with Crippen LogP contribution in [0, 0.1) is 0 Å². The Morgan fingerprint density at radius 3 is 2.52 bits per heavy atom. The van der Waals surface area contributed by atoms with Crippen molar-refractivity contribution in [3.05, 3.63) is 65.0 Å². The Balaban J connectivity index is 1.55. The summed E-state index contributed by atoms with van der Waals surface area (Å²) < 4.78 is 0. The Labute approximate surface area is 148 Å². The largest absolute Gasteiger partial charge is 0.331 e. The van der Waals surface area contributed by atoms with Crippen LogP contribution in [0.3, 0.4) is 0 Å². The first-order chi connectivity index (χ1) is 11.2. The maximum absolute atomic E-state index is 5.85. The van der Waals surface area contributed by atoms with Gasteiger partial charge in [0, 0.05) is 21.7 Å². The quantitative estimate of drug-likeness (QED) is 0.462. The average Bonchev–Trinajstić information content (AvgIpc) is 3.05. The van der Waals surface area contributed by atoms with Crippen LogP contribution in [0.2, 0.25) is 5.02 Å². The molecule has 0 atom stereocenters. The molecule has 0 spiro atoms. The second-order valence-corrected chi connectivity index (χ2v) is 6.32. The van der Waals surface area contributed by atoms with Crippen LogP contribution in [0.15, 0.2) is 60.0 Å². The van der Waals surface area contributed by atoms with Gasteiger partial charge in [-0.1, -0.05) is 41.9 Å². The first-order valence-electron chi connectivity index (χ1n) is 6.80. The van der Waals surface area contributed by atoms with Crippen LogP contribution in [0.4, 0.5) is 10.8 Å². The molecule has 0 aliphatic carbocycles. The highest BCUT2D eigenvalue weighted by atomic mass is 35.5. The fourth-order valence-electron chi connectivity index (χ4n) is 1.88. The van der Waals surface area contributed by atoms with Crippen molar-refractivity contribution < 1.29 is 0 Å². The van der Waals surface area contributed by atoms with E-state index >= 15 is 0 Å². The van der Waals surface area contributed by atoms with Gasteiger partial charge in [-0.25, -0.2) is 4.98 Å². The number of nitrogens with zero attached hydrogens (tertiary/aromatic N) is 1. The molecule has 0 saturated carbocycles. The van der Waals surface area contributed by atoms with E-state index in [1.165, 1.54) is 11.3 Å². The van der Waals surface area contributed by atoms with Crippen molar-refractivity contribution in [2.24, 2.45) is 0 Å². The van der Waals surface area contributed by atoms with Gasteiger partial charge in [0.2, 0.25) is 5.13 Å². The van der Waals surface area contributed by atoms with Gasteiger partial charge in [-0.05, 0) is 36.5 Å². The molecule has 1 aromatic heterocycles. The number of halogens is 1. The average molecular weight is 361 g/mol. The lowest BCUT2D eigenvalue weighted by molar-refractivity contribution is 1.12. The molecule has 0 saturated heterocycles. The molecule has 3 N–H and O–H groups in total. The predicted molar refractivity (Wildman–Crippen MR) is 102 cm³/mol. The number of anilines is 2. The van der Waals surface area contributed by atoms with Crippen molar-refractivity contribution >= 4 is 51.1 Å². The molecule has 116 valence electrons. The molecule has 0 radical (unpaired) electrons. The number of hydrazine groups is 1. The normalized spacial score (nSPS) is 10.1. The molecular weight excluding hydrogens is 348 g/mol. The molecule has 0 amide bonds. The van der Waals surface area contributed by atoms with Gasteiger partial charge in [0.05, 0.1) is 5.69 Å². The van der Waals surface area contributed by atoms with Crippen LogP contribution in [-0.4, -0.2) is 10.1 Å². The summed E-state index contributed by atoms with van der Waals surface area (Å²) in [7, 11) is 0. The number of benzene rings is 2. The molecule has 0 aliphatic heterocycles. The molecule has 7 heteroatoms. The zero-order valence-corrected chi connectivity index (χ0v) is 14.3. The zero-order valence-electron chi connectivity index (χ0n) is 11.9. The molecule has 0 fully saturated rings. The Kier molecular flexibility index (Phi) is 5.07. The summed E-state index contributed by atoms with van der Waals surface area (Å²) >= 11 is 12.6. The SMILES string of the molecule is S=C(NNc1nc(-c2ccccc2)cs1)Nc1ccc(Cl)cc1. The van der Waals surface area contributed by atoms with E-state index in [2.05, 4.69) is 21.2 Å².